The molecule has 1 amide bonds. The minimum absolute atomic E-state index is 0.160. The molecule has 0 radical (unpaired) electrons. The van der Waals surface area contributed by atoms with E-state index in [1.165, 1.54) is 6.08 Å². The lowest BCUT2D eigenvalue weighted by Crippen LogP contribution is -2.40. The highest BCUT2D eigenvalue weighted by Crippen LogP contribution is 2.14. The fourth-order valence-electron chi connectivity index (χ4n) is 1.57. The third kappa shape index (κ3) is 2.97. The Morgan fingerprint density at radius 1 is 1.61 bits per heavy atom. The molecule has 1 aromatic heterocycles. The van der Waals surface area contributed by atoms with Crippen LogP contribution in [0.25, 0.3) is 0 Å². The van der Waals surface area contributed by atoms with Crippen LogP contribution >= 0.6 is 0 Å². The van der Waals surface area contributed by atoms with Gasteiger partial charge in [-0.25, -0.2) is 4.79 Å². The molecular weight excluding hydrogens is 236 g/mol. The number of rotatable bonds is 6. The molecule has 0 saturated heterocycles. The van der Waals surface area contributed by atoms with Crippen molar-refractivity contribution >= 4 is 11.9 Å². The second kappa shape index (κ2) is 6.00. The van der Waals surface area contributed by atoms with Crippen molar-refractivity contribution in [1.82, 2.24) is 10.5 Å². The number of nitrogens with zero attached hydrogens (tertiary/aromatic N) is 1. The number of aromatic nitrogens is 1. The summed E-state index contributed by atoms with van der Waals surface area (Å²) in [5.41, 5.74) is 0.834. The van der Waals surface area contributed by atoms with Crippen LogP contribution in [0.1, 0.15) is 35.2 Å². The standard InChI is InChI=1S/C12H16N2O4/c1-4-6-9(12(16)17)13-11(15)10-7(3)18-14-8(10)5-2/h4,9H,1,5-6H2,2-3H3,(H,13,15)(H,16,17). The van der Waals surface area contributed by atoms with E-state index in [-0.39, 0.29) is 6.42 Å². The molecule has 0 aliphatic rings. The van der Waals surface area contributed by atoms with Gasteiger partial charge in [-0.15, -0.1) is 6.58 Å². The normalized spacial score (nSPS) is 11.9. The summed E-state index contributed by atoms with van der Waals surface area (Å²) in [7, 11) is 0. The quantitative estimate of drug-likeness (QED) is 0.744. The van der Waals surface area contributed by atoms with E-state index in [9.17, 15) is 9.59 Å². The summed E-state index contributed by atoms with van der Waals surface area (Å²) in [6, 6.07) is -0.992. The number of hydrogen-bond acceptors (Lipinski definition) is 4. The number of carbonyl (C=O) groups excluding carboxylic acids is 1. The summed E-state index contributed by atoms with van der Waals surface area (Å²) >= 11 is 0. The first-order chi connectivity index (χ1) is 8.51. The van der Waals surface area contributed by atoms with E-state index in [1.807, 2.05) is 6.92 Å². The number of hydrogen-bond donors (Lipinski definition) is 2. The molecule has 0 bridgehead atoms. The van der Waals surface area contributed by atoms with Crippen LogP contribution in [0.15, 0.2) is 17.2 Å². The molecule has 1 atom stereocenters. The van der Waals surface area contributed by atoms with Crippen molar-refractivity contribution < 1.29 is 19.2 Å². The minimum atomic E-state index is -1.10. The fourth-order valence-corrected chi connectivity index (χ4v) is 1.57. The Kier molecular flexibility index (Phi) is 4.65. The zero-order valence-corrected chi connectivity index (χ0v) is 10.4. The summed E-state index contributed by atoms with van der Waals surface area (Å²) in [4.78, 5) is 22.9. The molecule has 1 aromatic rings. The van der Waals surface area contributed by atoms with Crippen molar-refractivity contribution in [2.75, 3.05) is 0 Å². The maximum absolute atomic E-state index is 12.0. The predicted octanol–water partition coefficient (Wildman–Crippen LogP) is 1.30. The van der Waals surface area contributed by atoms with E-state index in [2.05, 4.69) is 17.1 Å². The largest absolute Gasteiger partial charge is 0.480 e. The molecule has 2 N–H and O–H groups in total. The fraction of sp³-hybridized carbons (Fsp3) is 0.417. The number of amides is 1. The van der Waals surface area contributed by atoms with Gasteiger partial charge in [-0.2, -0.15) is 0 Å². The molecule has 1 unspecified atom stereocenters. The monoisotopic (exact) mass is 252 g/mol. The lowest BCUT2D eigenvalue weighted by atomic mass is 10.1. The van der Waals surface area contributed by atoms with E-state index in [4.69, 9.17) is 9.63 Å². The average Bonchev–Trinajstić information content (AvgIpc) is 2.69. The van der Waals surface area contributed by atoms with Crippen LogP contribution in [-0.4, -0.2) is 28.2 Å². The van der Waals surface area contributed by atoms with Crippen molar-refractivity contribution in [2.45, 2.75) is 32.7 Å². The van der Waals surface area contributed by atoms with Gasteiger partial charge < -0.3 is 14.9 Å². The van der Waals surface area contributed by atoms with Gasteiger partial charge in [-0.1, -0.05) is 18.2 Å². The maximum Gasteiger partial charge on any atom is 0.326 e. The van der Waals surface area contributed by atoms with E-state index < -0.39 is 17.9 Å². The topological polar surface area (TPSA) is 92.4 Å². The third-order valence-electron chi connectivity index (χ3n) is 2.50. The van der Waals surface area contributed by atoms with E-state index in [0.717, 1.165) is 0 Å². The summed E-state index contributed by atoms with van der Waals surface area (Å²) < 4.78 is 4.93. The Morgan fingerprint density at radius 2 is 2.28 bits per heavy atom. The van der Waals surface area contributed by atoms with Crippen molar-refractivity contribution in [1.29, 1.82) is 0 Å². The summed E-state index contributed by atoms with van der Waals surface area (Å²) in [5, 5.41) is 15.1. The van der Waals surface area contributed by atoms with Crippen molar-refractivity contribution in [3.63, 3.8) is 0 Å². The van der Waals surface area contributed by atoms with E-state index >= 15 is 0 Å². The number of aryl methyl sites for hydroxylation is 2. The SMILES string of the molecule is C=CCC(NC(=O)c1c(CC)noc1C)C(=O)O. The Bertz CT molecular complexity index is 465. The Balaban J connectivity index is 2.89. The predicted molar refractivity (Wildman–Crippen MR) is 64.3 cm³/mol. The second-order valence-corrected chi connectivity index (χ2v) is 3.80. The molecule has 0 aromatic carbocycles. The molecule has 1 rings (SSSR count). The highest BCUT2D eigenvalue weighted by molar-refractivity contribution is 5.98. The van der Waals surface area contributed by atoms with Crippen LogP contribution in [-0.2, 0) is 11.2 Å². The van der Waals surface area contributed by atoms with E-state index in [0.29, 0.717) is 23.4 Å². The van der Waals surface area contributed by atoms with Crippen LogP contribution in [0.2, 0.25) is 0 Å². The smallest absolute Gasteiger partial charge is 0.326 e. The molecular formula is C12H16N2O4. The molecule has 0 fully saturated rings. The third-order valence-corrected chi connectivity index (χ3v) is 2.50. The summed E-state index contributed by atoms with van der Waals surface area (Å²) in [6.45, 7) is 6.91. The van der Waals surface area contributed by atoms with Gasteiger partial charge in [0.2, 0.25) is 0 Å². The summed E-state index contributed by atoms with van der Waals surface area (Å²) in [5.74, 6) is -1.21. The number of carboxylic acids is 1. The van der Waals surface area contributed by atoms with Crippen LogP contribution in [0.4, 0.5) is 0 Å². The second-order valence-electron chi connectivity index (χ2n) is 3.80. The first kappa shape index (κ1) is 14.0. The highest BCUT2D eigenvalue weighted by atomic mass is 16.5. The Hall–Kier alpha value is -2.11. The molecule has 0 spiro atoms. The zero-order chi connectivity index (χ0) is 13.7. The molecule has 1 heterocycles. The van der Waals surface area contributed by atoms with Crippen LogP contribution in [0.3, 0.4) is 0 Å². The molecule has 0 aliphatic carbocycles. The lowest BCUT2D eigenvalue weighted by Gasteiger charge is -2.12. The summed E-state index contributed by atoms with van der Waals surface area (Å²) in [6.07, 6.45) is 2.15. The average molecular weight is 252 g/mol. The first-order valence-corrected chi connectivity index (χ1v) is 5.60. The van der Waals surface area contributed by atoms with E-state index in [1.54, 1.807) is 6.92 Å². The van der Waals surface area contributed by atoms with Gasteiger partial charge in [0, 0.05) is 0 Å². The number of carboxylic acid groups (broad SMARTS) is 1. The Morgan fingerprint density at radius 3 is 2.78 bits per heavy atom. The maximum atomic E-state index is 12.0. The van der Waals surface area contributed by atoms with Gasteiger partial charge in [0.05, 0.1) is 5.69 Å². The minimum Gasteiger partial charge on any atom is -0.480 e. The molecule has 0 aliphatic heterocycles. The molecule has 6 heteroatoms. The van der Waals surface area contributed by atoms with Gasteiger partial charge in [-0.3, -0.25) is 4.79 Å². The first-order valence-electron chi connectivity index (χ1n) is 5.60. The molecule has 18 heavy (non-hydrogen) atoms. The van der Waals surface area contributed by atoms with Gasteiger partial charge in [0.15, 0.2) is 0 Å². The molecule has 6 nitrogen and oxygen atoms in total. The van der Waals surface area contributed by atoms with Gasteiger partial charge >= 0.3 is 5.97 Å². The number of nitrogens with one attached hydrogen (secondary N) is 1. The van der Waals surface area contributed by atoms with Gasteiger partial charge in [0.1, 0.15) is 17.4 Å². The highest BCUT2D eigenvalue weighted by Gasteiger charge is 2.24. The number of carbonyl (C=O) groups is 2. The zero-order valence-electron chi connectivity index (χ0n) is 10.4. The Labute approximate surface area is 105 Å². The number of aliphatic carboxylic acids is 1. The van der Waals surface area contributed by atoms with Crippen LogP contribution in [0, 0.1) is 6.92 Å². The van der Waals surface area contributed by atoms with Crippen molar-refractivity contribution in [2.24, 2.45) is 0 Å². The van der Waals surface area contributed by atoms with Crippen LogP contribution < -0.4 is 5.32 Å². The van der Waals surface area contributed by atoms with Crippen molar-refractivity contribution in [3.8, 4) is 0 Å². The molecule has 98 valence electrons. The lowest BCUT2D eigenvalue weighted by molar-refractivity contribution is -0.139. The molecule has 0 saturated carbocycles. The van der Waals surface area contributed by atoms with Crippen LogP contribution in [0.5, 0.6) is 0 Å². The van der Waals surface area contributed by atoms with Gasteiger partial charge in [0.25, 0.3) is 5.91 Å². The van der Waals surface area contributed by atoms with Crippen molar-refractivity contribution in [3.05, 3.63) is 29.7 Å². The van der Waals surface area contributed by atoms with Gasteiger partial charge in [-0.05, 0) is 19.8 Å².